The molecule has 2 aliphatic rings. The number of alkyl carbamates (subject to hydrolysis) is 1. The predicted molar refractivity (Wildman–Crippen MR) is 135 cm³/mol. The molecule has 4 nitrogen and oxygen atoms in total. The maximum absolute atomic E-state index is 12.6. The van der Waals surface area contributed by atoms with Crippen LogP contribution in [0.1, 0.15) is 80.1 Å². The van der Waals surface area contributed by atoms with Crippen molar-refractivity contribution in [2.24, 2.45) is 22.7 Å². The summed E-state index contributed by atoms with van der Waals surface area (Å²) in [6.45, 7) is 20.0. The number of carbonyl (C=O) groups is 2. The zero-order valence-corrected chi connectivity index (χ0v) is 22.9. The summed E-state index contributed by atoms with van der Waals surface area (Å²) in [5.74, 6) is 5.02. The van der Waals surface area contributed by atoms with Gasteiger partial charge in [0.25, 0.3) is 0 Å². The number of ketones is 1. The van der Waals surface area contributed by atoms with E-state index in [2.05, 4.69) is 57.2 Å². The highest BCUT2D eigenvalue weighted by atomic mass is 28.3. The second kappa shape index (κ2) is 9.75. The van der Waals surface area contributed by atoms with E-state index in [9.17, 15) is 9.59 Å². The third kappa shape index (κ3) is 6.73. The molecule has 0 aliphatic heterocycles. The van der Waals surface area contributed by atoms with Crippen LogP contribution in [0, 0.1) is 34.1 Å². The standard InChI is InChI=1S/C27H45NO3Si/c1-20(2)22-12-15-27(16-18-32(7,8)9)14-11-21(29)19-23(27)26(22,6)13-10-17-28-24(30)31-25(3,4)5/h19-20,22H,10-15,17H2,1-9H3,(H,28,30)/t22-,26-,27+/m0/s1. The van der Waals surface area contributed by atoms with Crippen LogP contribution in [-0.4, -0.2) is 32.1 Å². The normalized spacial score (nSPS) is 28.4. The van der Waals surface area contributed by atoms with Gasteiger partial charge in [0.2, 0.25) is 0 Å². The third-order valence-corrected chi connectivity index (χ3v) is 7.83. The lowest BCUT2D eigenvalue weighted by atomic mass is 9.49. The number of carbonyl (C=O) groups excluding carboxylic acids is 2. The summed E-state index contributed by atoms with van der Waals surface area (Å²) in [5.41, 5.74) is 4.17. The van der Waals surface area contributed by atoms with E-state index in [1.165, 1.54) is 5.57 Å². The van der Waals surface area contributed by atoms with Gasteiger partial charge in [-0.1, -0.05) is 46.3 Å². The fraction of sp³-hybridized carbons (Fsp3) is 0.778. The molecule has 0 aromatic carbocycles. The van der Waals surface area contributed by atoms with Crippen molar-refractivity contribution >= 4 is 20.0 Å². The van der Waals surface area contributed by atoms with E-state index in [1.807, 2.05) is 26.8 Å². The summed E-state index contributed by atoms with van der Waals surface area (Å²) in [5, 5.41) is 2.91. The van der Waals surface area contributed by atoms with Crippen molar-refractivity contribution < 1.29 is 14.3 Å². The first-order valence-corrected chi connectivity index (χ1v) is 15.8. The van der Waals surface area contributed by atoms with E-state index in [1.54, 1.807) is 0 Å². The molecule has 0 aromatic rings. The molecular formula is C27H45NO3Si. The molecule has 1 N–H and O–H groups in total. The summed E-state index contributed by atoms with van der Waals surface area (Å²) < 4.78 is 5.37. The van der Waals surface area contributed by atoms with E-state index in [-0.39, 0.29) is 22.7 Å². The second-order valence-electron chi connectivity index (χ2n) is 12.4. The number of rotatable bonds is 5. The van der Waals surface area contributed by atoms with Gasteiger partial charge < -0.3 is 10.1 Å². The molecule has 1 saturated carbocycles. The number of amides is 1. The molecule has 2 rings (SSSR count). The van der Waals surface area contributed by atoms with Gasteiger partial charge in [-0.15, -0.1) is 5.54 Å². The lowest BCUT2D eigenvalue weighted by Gasteiger charge is -2.54. The molecule has 2 aliphatic carbocycles. The third-order valence-electron chi connectivity index (χ3n) is 6.96. The van der Waals surface area contributed by atoms with Crippen molar-refractivity contribution in [2.45, 2.75) is 105 Å². The van der Waals surface area contributed by atoms with Crippen molar-refractivity contribution in [3.63, 3.8) is 0 Å². The van der Waals surface area contributed by atoms with Gasteiger partial charge in [0.1, 0.15) is 13.7 Å². The average molecular weight is 460 g/mol. The first kappa shape index (κ1) is 26.7. The second-order valence-corrected chi connectivity index (χ2v) is 17.2. The molecule has 0 unspecified atom stereocenters. The van der Waals surface area contributed by atoms with Gasteiger partial charge in [0, 0.05) is 13.0 Å². The van der Waals surface area contributed by atoms with Crippen LogP contribution in [-0.2, 0) is 9.53 Å². The number of fused-ring (bicyclic) bond motifs is 1. The number of hydrogen-bond donors (Lipinski definition) is 1. The van der Waals surface area contributed by atoms with Crippen molar-refractivity contribution in [1.29, 1.82) is 0 Å². The first-order chi connectivity index (χ1) is 14.6. The van der Waals surface area contributed by atoms with Gasteiger partial charge in [-0.2, -0.15) is 0 Å². The van der Waals surface area contributed by atoms with Gasteiger partial charge in [-0.05, 0) is 81.8 Å². The van der Waals surface area contributed by atoms with Crippen LogP contribution in [0.15, 0.2) is 11.6 Å². The molecule has 1 fully saturated rings. The monoisotopic (exact) mass is 459 g/mol. The summed E-state index contributed by atoms with van der Waals surface area (Å²) in [4.78, 5) is 24.6. The molecule has 0 aromatic heterocycles. The quantitative estimate of drug-likeness (QED) is 0.289. The van der Waals surface area contributed by atoms with Crippen LogP contribution >= 0.6 is 0 Å². The van der Waals surface area contributed by atoms with Crippen molar-refractivity contribution in [3.8, 4) is 11.5 Å². The van der Waals surface area contributed by atoms with Crippen LogP contribution in [0.5, 0.6) is 0 Å². The molecule has 0 saturated heterocycles. The fourth-order valence-corrected chi connectivity index (χ4v) is 6.20. The maximum Gasteiger partial charge on any atom is 0.407 e. The molecule has 180 valence electrons. The SMILES string of the molecule is CC(C)[C@@H]1CC[C@@]2(C#C[Si](C)(C)C)CCC(=O)C=C2[C@@]1(C)CCCNC(=O)OC(C)(C)C. The van der Waals surface area contributed by atoms with E-state index >= 15 is 0 Å². The molecule has 1 amide bonds. The Labute approximate surface area is 197 Å². The van der Waals surface area contributed by atoms with Crippen LogP contribution < -0.4 is 5.32 Å². The van der Waals surface area contributed by atoms with E-state index < -0.39 is 13.7 Å². The zero-order valence-electron chi connectivity index (χ0n) is 21.9. The number of allylic oxidation sites excluding steroid dienone is 2. The molecule has 0 spiro atoms. The number of hydrogen-bond acceptors (Lipinski definition) is 3. The minimum atomic E-state index is -1.52. The van der Waals surface area contributed by atoms with Crippen molar-refractivity contribution in [1.82, 2.24) is 5.32 Å². The van der Waals surface area contributed by atoms with Gasteiger partial charge in [0.05, 0.1) is 5.41 Å². The van der Waals surface area contributed by atoms with Crippen LogP contribution in [0.25, 0.3) is 0 Å². The van der Waals surface area contributed by atoms with Gasteiger partial charge >= 0.3 is 6.09 Å². The Morgan fingerprint density at radius 1 is 1.28 bits per heavy atom. The Hall–Kier alpha value is -1.54. The fourth-order valence-electron chi connectivity index (χ4n) is 5.58. The lowest BCUT2D eigenvalue weighted by Crippen LogP contribution is -2.47. The summed E-state index contributed by atoms with van der Waals surface area (Å²) >= 11 is 0. The van der Waals surface area contributed by atoms with Crippen molar-refractivity contribution in [3.05, 3.63) is 11.6 Å². The molecule has 0 heterocycles. The predicted octanol–water partition coefficient (Wildman–Crippen LogP) is 6.52. The lowest BCUT2D eigenvalue weighted by molar-refractivity contribution is -0.116. The molecule has 5 heteroatoms. The van der Waals surface area contributed by atoms with Crippen molar-refractivity contribution in [2.75, 3.05) is 6.54 Å². The Morgan fingerprint density at radius 2 is 1.94 bits per heavy atom. The Balaban J connectivity index is 2.29. The van der Waals surface area contributed by atoms with Gasteiger partial charge in [-0.3, -0.25) is 4.79 Å². The Bertz CT molecular complexity index is 805. The molecule has 0 bridgehead atoms. The molecule has 32 heavy (non-hydrogen) atoms. The highest BCUT2D eigenvalue weighted by Crippen LogP contribution is 2.60. The Kier molecular flexibility index (Phi) is 8.14. The number of nitrogens with one attached hydrogen (secondary N) is 1. The van der Waals surface area contributed by atoms with E-state index in [0.717, 1.165) is 32.1 Å². The van der Waals surface area contributed by atoms with Gasteiger partial charge in [-0.25, -0.2) is 4.79 Å². The van der Waals surface area contributed by atoms with E-state index in [4.69, 9.17) is 4.74 Å². The highest BCUT2D eigenvalue weighted by Gasteiger charge is 2.52. The minimum absolute atomic E-state index is 0.0910. The topological polar surface area (TPSA) is 55.4 Å². The Morgan fingerprint density at radius 3 is 2.50 bits per heavy atom. The molecule has 3 atom stereocenters. The smallest absolute Gasteiger partial charge is 0.407 e. The molecule has 0 radical (unpaired) electrons. The summed E-state index contributed by atoms with van der Waals surface area (Å²) in [7, 11) is -1.52. The van der Waals surface area contributed by atoms with Crippen LogP contribution in [0.4, 0.5) is 4.79 Å². The average Bonchev–Trinajstić information content (AvgIpc) is 2.63. The summed E-state index contributed by atoms with van der Waals surface area (Å²) in [6.07, 6.45) is 7.02. The molecular weight excluding hydrogens is 414 g/mol. The zero-order chi connectivity index (χ0) is 24.4. The van der Waals surface area contributed by atoms with Crippen LogP contribution in [0.2, 0.25) is 19.6 Å². The van der Waals surface area contributed by atoms with E-state index in [0.29, 0.717) is 24.8 Å². The maximum atomic E-state index is 12.6. The first-order valence-electron chi connectivity index (χ1n) is 12.3. The van der Waals surface area contributed by atoms with Gasteiger partial charge in [0.15, 0.2) is 5.78 Å². The minimum Gasteiger partial charge on any atom is -0.444 e. The van der Waals surface area contributed by atoms with Crippen LogP contribution in [0.3, 0.4) is 0 Å². The number of ether oxygens (including phenoxy) is 1. The summed E-state index contributed by atoms with van der Waals surface area (Å²) in [6, 6.07) is 0. The highest BCUT2D eigenvalue weighted by molar-refractivity contribution is 6.83. The largest absolute Gasteiger partial charge is 0.444 e.